The zero-order chi connectivity index (χ0) is 13.5. The van der Waals surface area contributed by atoms with Gasteiger partial charge in [-0.1, -0.05) is 19.9 Å². The Morgan fingerprint density at radius 1 is 1.28 bits per heavy atom. The van der Waals surface area contributed by atoms with E-state index in [-0.39, 0.29) is 0 Å². The van der Waals surface area contributed by atoms with Gasteiger partial charge in [0.2, 0.25) is 0 Å². The molecule has 1 unspecified atom stereocenters. The fourth-order valence-corrected chi connectivity index (χ4v) is 2.46. The van der Waals surface area contributed by atoms with Gasteiger partial charge in [0.1, 0.15) is 12.4 Å². The normalized spacial score (nSPS) is 12.8. The van der Waals surface area contributed by atoms with Gasteiger partial charge in [-0.2, -0.15) is 0 Å². The first kappa shape index (κ1) is 15.5. The number of benzene rings is 1. The van der Waals surface area contributed by atoms with E-state index in [0.717, 1.165) is 10.2 Å². The molecule has 0 bridgehead atoms. The second-order valence-electron chi connectivity index (χ2n) is 4.54. The van der Waals surface area contributed by atoms with E-state index in [9.17, 15) is 0 Å². The third-order valence-corrected chi connectivity index (χ3v) is 3.46. The lowest BCUT2D eigenvalue weighted by Crippen LogP contribution is -2.21. The Balaban J connectivity index is 2.78. The molecular formula is C14H22BrNO2. The quantitative estimate of drug-likeness (QED) is 0.782. The maximum Gasteiger partial charge on any atom is 0.133 e. The summed E-state index contributed by atoms with van der Waals surface area (Å²) in [6.07, 6.45) is 0. The summed E-state index contributed by atoms with van der Waals surface area (Å²) in [6, 6.07) is 6.58. The highest BCUT2D eigenvalue weighted by Gasteiger charge is 2.14. The SMILES string of the molecule is CNC(c1ccc(OCCOC)c(Br)c1)C(C)C. The molecule has 18 heavy (non-hydrogen) atoms. The van der Waals surface area contributed by atoms with Crippen LogP contribution in [0.3, 0.4) is 0 Å². The van der Waals surface area contributed by atoms with Crippen molar-refractivity contribution >= 4 is 15.9 Å². The summed E-state index contributed by atoms with van der Waals surface area (Å²) < 4.78 is 11.6. The van der Waals surface area contributed by atoms with Crippen LogP contribution in [-0.2, 0) is 4.74 Å². The van der Waals surface area contributed by atoms with E-state index in [1.807, 2.05) is 13.1 Å². The van der Waals surface area contributed by atoms with Crippen molar-refractivity contribution in [1.29, 1.82) is 0 Å². The van der Waals surface area contributed by atoms with Crippen LogP contribution in [0.1, 0.15) is 25.5 Å². The molecule has 1 aromatic carbocycles. The Kier molecular flexibility index (Phi) is 6.68. The molecule has 0 fully saturated rings. The van der Waals surface area contributed by atoms with E-state index >= 15 is 0 Å². The van der Waals surface area contributed by atoms with Crippen molar-refractivity contribution in [2.24, 2.45) is 5.92 Å². The van der Waals surface area contributed by atoms with E-state index in [0.29, 0.717) is 25.2 Å². The van der Waals surface area contributed by atoms with Gasteiger partial charge < -0.3 is 14.8 Å². The zero-order valence-corrected chi connectivity index (χ0v) is 13.1. The minimum Gasteiger partial charge on any atom is -0.490 e. The molecule has 0 spiro atoms. The third kappa shape index (κ3) is 4.26. The van der Waals surface area contributed by atoms with Gasteiger partial charge in [0.25, 0.3) is 0 Å². The Labute approximate surface area is 118 Å². The summed E-state index contributed by atoms with van der Waals surface area (Å²) in [5.41, 5.74) is 1.26. The van der Waals surface area contributed by atoms with Crippen molar-refractivity contribution < 1.29 is 9.47 Å². The molecule has 0 saturated carbocycles. The highest BCUT2D eigenvalue weighted by molar-refractivity contribution is 9.10. The molecule has 0 aromatic heterocycles. The second kappa shape index (κ2) is 7.77. The summed E-state index contributed by atoms with van der Waals surface area (Å²) >= 11 is 3.55. The van der Waals surface area contributed by atoms with Gasteiger partial charge in [-0.25, -0.2) is 0 Å². The molecule has 102 valence electrons. The van der Waals surface area contributed by atoms with Crippen LogP contribution in [0.4, 0.5) is 0 Å². The van der Waals surface area contributed by atoms with Gasteiger partial charge in [0.05, 0.1) is 11.1 Å². The van der Waals surface area contributed by atoms with E-state index in [2.05, 4.69) is 47.2 Å². The van der Waals surface area contributed by atoms with Crippen LogP contribution in [0, 0.1) is 5.92 Å². The Bertz CT molecular complexity index is 369. The second-order valence-corrected chi connectivity index (χ2v) is 5.40. The summed E-state index contributed by atoms with van der Waals surface area (Å²) in [7, 11) is 3.66. The van der Waals surface area contributed by atoms with Crippen molar-refractivity contribution in [3.05, 3.63) is 28.2 Å². The standard InChI is InChI=1S/C14H22BrNO2/c1-10(2)14(16-3)11-5-6-13(12(15)9-11)18-8-7-17-4/h5-6,9-10,14,16H,7-8H2,1-4H3. The van der Waals surface area contributed by atoms with Crippen LogP contribution in [0.15, 0.2) is 22.7 Å². The molecular weight excluding hydrogens is 294 g/mol. The van der Waals surface area contributed by atoms with Crippen LogP contribution >= 0.6 is 15.9 Å². The van der Waals surface area contributed by atoms with Crippen molar-refractivity contribution in [3.8, 4) is 5.75 Å². The molecule has 1 N–H and O–H groups in total. The predicted molar refractivity (Wildman–Crippen MR) is 78.2 cm³/mol. The van der Waals surface area contributed by atoms with Gasteiger partial charge in [0, 0.05) is 13.2 Å². The molecule has 1 rings (SSSR count). The van der Waals surface area contributed by atoms with E-state index < -0.39 is 0 Å². The molecule has 1 aromatic rings. The van der Waals surface area contributed by atoms with E-state index in [1.54, 1.807) is 7.11 Å². The maximum atomic E-state index is 5.61. The molecule has 3 nitrogen and oxygen atoms in total. The number of rotatable bonds is 7. The molecule has 4 heteroatoms. The van der Waals surface area contributed by atoms with Crippen LogP contribution < -0.4 is 10.1 Å². The van der Waals surface area contributed by atoms with Gasteiger partial charge in [-0.3, -0.25) is 0 Å². The van der Waals surface area contributed by atoms with Gasteiger partial charge in [-0.15, -0.1) is 0 Å². The van der Waals surface area contributed by atoms with Gasteiger partial charge >= 0.3 is 0 Å². The number of hydrogen-bond donors (Lipinski definition) is 1. The number of ether oxygens (including phenoxy) is 2. The Morgan fingerprint density at radius 2 is 2.00 bits per heavy atom. The van der Waals surface area contributed by atoms with Gasteiger partial charge in [0.15, 0.2) is 0 Å². The van der Waals surface area contributed by atoms with Crippen molar-refractivity contribution in [2.75, 3.05) is 27.4 Å². The third-order valence-electron chi connectivity index (χ3n) is 2.84. The summed E-state index contributed by atoms with van der Waals surface area (Å²) in [5, 5.41) is 3.34. The van der Waals surface area contributed by atoms with E-state index in [4.69, 9.17) is 9.47 Å². The lowest BCUT2D eigenvalue weighted by Gasteiger charge is -2.21. The summed E-state index contributed by atoms with van der Waals surface area (Å²) in [4.78, 5) is 0. The van der Waals surface area contributed by atoms with Crippen LogP contribution in [0.25, 0.3) is 0 Å². The predicted octanol–water partition coefficient (Wildman–Crippen LogP) is 3.39. The number of methoxy groups -OCH3 is 1. The number of halogens is 1. The molecule has 0 aliphatic rings. The first-order valence-corrected chi connectivity index (χ1v) is 6.98. The Hall–Kier alpha value is -0.580. The lowest BCUT2D eigenvalue weighted by molar-refractivity contribution is 0.146. The van der Waals surface area contributed by atoms with E-state index in [1.165, 1.54) is 5.56 Å². The minimum atomic E-state index is 0.356. The zero-order valence-electron chi connectivity index (χ0n) is 11.5. The molecule has 1 atom stereocenters. The maximum absolute atomic E-state index is 5.61. The molecule has 0 aliphatic carbocycles. The monoisotopic (exact) mass is 315 g/mol. The van der Waals surface area contributed by atoms with Gasteiger partial charge in [-0.05, 0) is 46.6 Å². The van der Waals surface area contributed by atoms with Crippen molar-refractivity contribution in [2.45, 2.75) is 19.9 Å². The smallest absolute Gasteiger partial charge is 0.133 e. The fraction of sp³-hybridized carbons (Fsp3) is 0.571. The van der Waals surface area contributed by atoms with Crippen LogP contribution in [-0.4, -0.2) is 27.4 Å². The molecule has 0 radical (unpaired) electrons. The first-order valence-electron chi connectivity index (χ1n) is 6.18. The highest BCUT2D eigenvalue weighted by Crippen LogP contribution is 2.30. The number of nitrogens with one attached hydrogen (secondary N) is 1. The minimum absolute atomic E-state index is 0.356. The topological polar surface area (TPSA) is 30.5 Å². The molecule has 0 heterocycles. The molecule has 0 amide bonds. The average Bonchev–Trinajstić information content (AvgIpc) is 2.32. The Morgan fingerprint density at radius 3 is 2.50 bits per heavy atom. The molecule has 0 aliphatic heterocycles. The van der Waals surface area contributed by atoms with Crippen molar-refractivity contribution in [3.63, 3.8) is 0 Å². The fourth-order valence-electron chi connectivity index (χ4n) is 1.95. The first-order chi connectivity index (χ1) is 8.60. The largest absolute Gasteiger partial charge is 0.490 e. The summed E-state index contributed by atoms with van der Waals surface area (Å²) in [6.45, 7) is 5.57. The average molecular weight is 316 g/mol. The van der Waals surface area contributed by atoms with Crippen molar-refractivity contribution in [1.82, 2.24) is 5.32 Å². The lowest BCUT2D eigenvalue weighted by atomic mass is 9.96. The summed E-state index contributed by atoms with van der Waals surface area (Å²) in [5.74, 6) is 1.40. The van der Waals surface area contributed by atoms with Crippen LogP contribution in [0.5, 0.6) is 5.75 Å². The van der Waals surface area contributed by atoms with Crippen LogP contribution in [0.2, 0.25) is 0 Å². The number of hydrogen-bond acceptors (Lipinski definition) is 3. The highest BCUT2D eigenvalue weighted by atomic mass is 79.9. The molecule has 0 saturated heterocycles.